The molecule has 0 aliphatic rings. The monoisotopic (exact) mass is 814 g/mol. The van der Waals surface area contributed by atoms with Crippen molar-refractivity contribution >= 4 is 53.3 Å². The van der Waals surface area contributed by atoms with E-state index >= 15 is 0 Å². The number of rotatable bonds is 7. The van der Waals surface area contributed by atoms with Crippen LogP contribution in [0.2, 0.25) is 0 Å². The van der Waals surface area contributed by atoms with E-state index in [4.69, 9.17) is 20.4 Å². The second kappa shape index (κ2) is 14.9. The van der Waals surface area contributed by atoms with E-state index in [2.05, 4.69) is 72.8 Å². The summed E-state index contributed by atoms with van der Waals surface area (Å²) in [6.07, 6.45) is 0. The Kier molecular flexibility index (Phi) is 7.25. The molecule has 12 rings (SSSR count). The van der Waals surface area contributed by atoms with Crippen LogP contribution in [-0.4, -0.2) is 19.5 Å². The van der Waals surface area contributed by atoms with Crippen LogP contribution in [0.25, 0.3) is 115 Å². The normalized spacial score (nSPS) is 12.9. The average molecular weight is 815 g/mol. The Labute approximate surface area is 371 Å². The second-order valence-electron chi connectivity index (χ2n) is 15.1. The van der Waals surface area contributed by atoms with Gasteiger partial charge in [0, 0.05) is 58.8 Å². The third kappa shape index (κ3) is 6.18. The van der Waals surface area contributed by atoms with E-state index in [1.165, 1.54) is 12.1 Å². The number of hydrogen-bond donors (Lipinski definition) is 0. The molecule has 0 amide bonds. The van der Waals surface area contributed by atoms with Crippen LogP contribution in [0.1, 0.15) is 8.22 Å². The third-order valence-electron chi connectivity index (χ3n) is 11.5. The standard InChI is InChI=1S/C57H36N4S/c1-3-14-37(15-4-1)39-26-30-41(31-27-39)55-58-56(42-32-28-40(29-33-42)38-16-5-2-6-17-38)60-57(59-55)43-34-35-52(61-50-23-10-7-18-44(50)45-19-8-11-24-51(45)61)49(36-43)48-22-13-21-47-46-20-9-12-25-53(46)62-54(47)48/h1-36H/i7D,8D,18D,19D,23D,24D. The lowest BCUT2D eigenvalue weighted by atomic mass is 9.98. The SMILES string of the molecule is [2H]c1cc([2H])c2c(c1[2H])c1c([2H])c([2H])cc([2H])c1n2-c1ccc(-c2nc(-c3ccc(-c4ccccc4)cc3)nc(-c3ccc(-c4ccccc4)cc3)n2)cc1-c1cccc2c1sc1ccccc12. The highest BCUT2D eigenvalue weighted by Crippen LogP contribution is 2.44. The number of para-hydroxylation sites is 2. The molecule has 0 N–H and O–H groups in total. The first kappa shape index (κ1) is 30.1. The minimum atomic E-state index is -0.167. The molecule has 4 nitrogen and oxygen atoms in total. The highest BCUT2D eigenvalue weighted by Gasteiger charge is 2.21. The van der Waals surface area contributed by atoms with Gasteiger partial charge in [-0.2, -0.15) is 0 Å². The lowest BCUT2D eigenvalue weighted by Crippen LogP contribution is -2.02. The van der Waals surface area contributed by atoms with Gasteiger partial charge in [-0.3, -0.25) is 0 Å². The van der Waals surface area contributed by atoms with Gasteiger partial charge in [-0.1, -0.05) is 182 Å². The van der Waals surface area contributed by atoms with Gasteiger partial charge >= 0.3 is 0 Å². The molecule has 62 heavy (non-hydrogen) atoms. The summed E-state index contributed by atoms with van der Waals surface area (Å²) in [7, 11) is 0. The molecule has 0 atom stereocenters. The van der Waals surface area contributed by atoms with E-state index in [9.17, 15) is 2.74 Å². The highest BCUT2D eigenvalue weighted by atomic mass is 32.1. The molecular weight excluding hydrogens is 773 g/mol. The van der Waals surface area contributed by atoms with Crippen molar-refractivity contribution < 1.29 is 8.22 Å². The Morgan fingerprint density at radius 1 is 0.371 bits per heavy atom. The topological polar surface area (TPSA) is 43.6 Å². The van der Waals surface area contributed by atoms with Crippen molar-refractivity contribution in [2.24, 2.45) is 0 Å². The minimum absolute atomic E-state index is 0.0269. The van der Waals surface area contributed by atoms with Crippen LogP contribution in [-0.2, 0) is 0 Å². The lowest BCUT2D eigenvalue weighted by Gasteiger charge is -2.17. The molecule has 9 aromatic carbocycles. The zero-order valence-corrected chi connectivity index (χ0v) is 33.8. The van der Waals surface area contributed by atoms with Crippen molar-refractivity contribution in [3.05, 3.63) is 218 Å². The van der Waals surface area contributed by atoms with Crippen molar-refractivity contribution in [2.45, 2.75) is 0 Å². The van der Waals surface area contributed by atoms with Crippen molar-refractivity contribution in [3.8, 4) is 73.2 Å². The molecule has 0 saturated carbocycles. The summed E-state index contributed by atoms with van der Waals surface area (Å²) in [6.45, 7) is 0. The fourth-order valence-corrected chi connectivity index (χ4v) is 9.68. The van der Waals surface area contributed by atoms with Crippen LogP contribution in [0.4, 0.5) is 0 Å². The lowest BCUT2D eigenvalue weighted by molar-refractivity contribution is 1.07. The summed E-state index contributed by atoms with van der Waals surface area (Å²) in [5, 5.41) is 2.59. The maximum absolute atomic E-state index is 9.29. The highest BCUT2D eigenvalue weighted by molar-refractivity contribution is 7.26. The van der Waals surface area contributed by atoms with Crippen LogP contribution >= 0.6 is 11.3 Å². The van der Waals surface area contributed by atoms with Crippen LogP contribution in [0.15, 0.2) is 218 Å². The summed E-state index contributed by atoms with van der Waals surface area (Å²) in [6, 6.07) is 59.2. The summed E-state index contributed by atoms with van der Waals surface area (Å²) in [5.74, 6) is 1.43. The first-order chi connectivity index (χ1) is 33.2. The molecule has 3 heterocycles. The maximum Gasteiger partial charge on any atom is 0.164 e. The van der Waals surface area contributed by atoms with E-state index in [1.54, 1.807) is 15.9 Å². The quantitative estimate of drug-likeness (QED) is 0.161. The fraction of sp³-hybridized carbons (Fsp3) is 0. The van der Waals surface area contributed by atoms with Gasteiger partial charge in [-0.05, 0) is 58.6 Å². The summed E-state index contributed by atoms with van der Waals surface area (Å²) in [5.41, 5.74) is 9.47. The molecule has 12 aromatic rings. The number of hydrogen-bond acceptors (Lipinski definition) is 4. The largest absolute Gasteiger partial charge is 0.309 e. The van der Waals surface area contributed by atoms with Crippen molar-refractivity contribution in [2.75, 3.05) is 0 Å². The van der Waals surface area contributed by atoms with Gasteiger partial charge in [0.05, 0.1) is 24.9 Å². The Morgan fingerprint density at radius 3 is 1.45 bits per heavy atom. The van der Waals surface area contributed by atoms with E-state index < -0.39 is 0 Å². The molecular formula is C57H36N4S. The van der Waals surface area contributed by atoms with Crippen molar-refractivity contribution in [3.63, 3.8) is 0 Å². The first-order valence-corrected chi connectivity index (χ1v) is 21.2. The molecule has 5 heteroatoms. The van der Waals surface area contributed by atoms with Crippen LogP contribution in [0.3, 0.4) is 0 Å². The van der Waals surface area contributed by atoms with E-state index in [-0.39, 0.29) is 58.1 Å². The molecule has 0 saturated heterocycles. The van der Waals surface area contributed by atoms with E-state index in [1.807, 2.05) is 97.1 Å². The van der Waals surface area contributed by atoms with Crippen LogP contribution in [0.5, 0.6) is 0 Å². The molecule has 290 valence electrons. The average Bonchev–Trinajstić information content (AvgIpc) is 3.96. The number of benzene rings is 9. The Hall–Kier alpha value is -7.99. The zero-order chi connectivity index (χ0) is 46.2. The number of nitrogens with zero attached hydrogens (tertiary/aromatic N) is 4. The number of thiophene rings is 1. The second-order valence-corrected chi connectivity index (χ2v) is 16.2. The summed E-state index contributed by atoms with van der Waals surface area (Å²) >= 11 is 1.68. The Balaban J connectivity index is 1.12. The Morgan fingerprint density at radius 2 is 0.855 bits per heavy atom. The number of aromatic nitrogens is 4. The van der Waals surface area contributed by atoms with Gasteiger partial charge in [0.15, 0.2) is 17.5 Å². The van der Waals surface area contributed by atoms with Gasteiger partial charge in [0.25, 0.3) is 0 Å². The zero-order valence-electron chi connectivity index (χ0n) is 39.0. The van der Waals surface area contributed by atoms with Crippen molar-refractivity contribution in [1.29, 1.82) is 0 Å². The van der Waals surface area contributed by atoms with E-state index in [0.29, 0.717) is 28.7 Å². The van der Waals surface area contributed by atoms with E-state index in [0.717, 1.165) is 64.7 Å². The maximum atomic E-state index is 9.29. The van der Waals surface area contributed by atoms with Crippen LogP contribution in [0, 0.1) is 0 Å². The van der Waals surface area contributed by atoms with Gasteiger partial charge in [0.1, 0.15) is 0 Å². The fourth-order valence-electron chi connectivity index (χ4n) is 8.45. The van der Waals surface area contributed by atoms with Gasteiger partial charge in [-0.25, -0.2) is 15.0 Å². The van der Waals surface area contributed by atoms with Gasteiger partial charge in [0.2, 0.25) is 0 Å². The van der Waals surface area contributed by atoms with Crippen LogP contribution < -0.4 is 0 Å². The first-order valence-electron chi connectivity index (χ1n) is 23.3. The summed E-state index contributed by atoms with van der Waals surface area (Å²) in [4.78, 5) is 15.5. The molecule has 0 radical (unpaired) electrons. The molecule has 0 bridgehead atoms. The van der Waals surface area contributed by atoms with Crippen molar-refractivity contribution in [1.82, 2.24) is 19.5 Å². The molecule has 0 aliphatic heterocycles. The molecule has 0 fully saturated rings. The minimum Gasteiger partial charge on any atom is -0.309 e. The summed E-state index contributed by atoms with van der Waals surface area (Å²) < 4.78 is 58.0. The third-order valence-corrected chi connectivity index (χ3v) is 12.7. The predicted molar refractivity (Wildman–Crippen MR) is 260 cm³/mol. The molecule has 0 unspecified atom stereocenters. The smallest absolute Gasteiger partial charge is 0.164 e. The van der Waals surface area contributed by atoms with Gasteiger partial charge < -0.3 is 4.57 Å². The molecule has 0 spiro atoms. The predicted octanol–water partition coefficient (Wildman–Crippen LogP) is 15.3. The van der Waals surface area contributed by atoms with Gasteiger partial charge in [-0.15, -0.1) is 11.3 Å². The number of fused-ring (bicyclic) bond motifs is 6. The molecule has 3 aromatic heterocycles. The Bertz CT molecular complexity index is 3790. The molecule has 0 aliphatic carbocycles.